The Bertz CT molecular complexity index is 397. The van der Waals surface area contributed by atoms with Gasteiger partial charge in [-0.3, -0.25) is 9.11 Å². The van der Waals surface area contributed by atoms with Gasteiger partial charge in [0.1, 0.15) is 0 Å². The fraction of sp³-hybridized carbons (Fsp3) is 0. The van der Waals surface area contributed by atoms with Gasteiger partial charge in [-0.1, -0.05) is 6.58 Å². The quantitative estimate of drug-likeness (QED) is 0.497. The van der Waals surface area contributed by atoms with Crippen LogP contribution in [0.3, 0.4) is 0 Å². The van der Waals surface area contributed by atoms with Crippen molar-refractivity contribution in [3.05, 3.63) is 23.0 Å². The molecule has 0 fully saturated rings. The maximum atomic E-state index is 10.2. The number of allylic oxidation sites excluding steroid dienone is 1. The van der Waals surface area contributed by atoms with Crippen molar-refractivity contribution in [2.24, 2.45) is 0 Å². The summed E-state index contributed by atoms with van der Waals surface area (Å²) in [5.41, 5.74) is 0. The van der Waals surface area contributed by atoms with Crippen LogP contribution in [0.25, 0.3) is 0 Å². The molecule has 0 atom stereocenters. The monoisotopic (exact) mass is 214 g/mol. The molecular weight excluding hydrogens is 208 g/mol. The SMILES string of the molecule is C=C(C=CS(=O)(=O)O)S(=O)(=O)O. The zero-order valence-corrected chi connectivity index (χ0v) is 7.34. The van der Waals surface area contributed by atoms with Crippen molar-refractivity contribution < 1.29 is 25.9 Å². The van der Waals surface area contributed by atoms with Crippen molar-refractivity contribution in [2.75, 3.05) is 0 Å². The molecule has 0 aliphatic rings. The molecule has 8 heteroatoms. The topological polar surface area (TPSA) is 109 Å². The predicted molar refractivity (Wildman–Crippen MR) is 41.4 cm³/mol. The summed E-state index contributed by atoms with van der Waals surface area (Å²) >= 11 is 0. The van der Waals surface area contributed by atoms with Crippen LogP contribution in [-0.2, 0) is 20.2 Å². The van der Waals surface area contributed by atoms with E-state index in [2.05, 4.69) is 6.58 Å². The van der Waals surface area contributed by atoms with E-state index in [-0.39, 0.29) is 5.41 Å². The van der Waals surface area contributed by atoms with Crippen LogP contribution in [0.5, 0.6) is 0 Å². The van der Waals surface area contributed by atoms with E-state index in [1.807, 2.05) is 0 Å². The fourth-order valence-electron chi connectivity index (χ4n) is 0.248. The maximum Gasteiger partial charge on any atom is 0.293 e. The molecule has 0 heterocycles. The lowest BCUT2D eigenvalue weighted by Crippen LogP contribution is -1.98. The summed E-state index contributed by atoms with van der Waals surface area (Å²) in [4.78, 5) is -0.819. The highest BCUT2D eigenvalue weighted by Crippen LogP contribution is 2.02. The largest absolute Gasteiger partial charge is 0.293 e. The van der Waals surface area contributed by atoms with Gasteiger partial charge in [-0.25, -0.2) is 0 Å². The predicted octanol–water partition coefficient (Wildman–Crippen LogP) is -0.211. The molecular formula is C4H6O6S2. The molecule has 0 unspecified atom stereocenters. The molecule has 0 aliphatic carbocycles. The molecule has 0 rings (SSSR count). The molecule has 0 radical (unpaired) electrons. The van der Waals surface area contributed by atoms with E-state index in [4.69, 9.17) is 9.11 Å². The first kappa shape index (κ1) is 11.3. The maximum absolute atomic E-state index is 10.2. The van der Waals surface area contributed by atoms with E-state index in [0.717, 1.165) is 0 Å². The summed E-state index contributed by atoms with van der Waals surface area (Å²) in [6.45, 7) is 2.83. The Hall–Kier alpha value is -0.700. The highest BCUT2D eigenvalue weighted by Gasteiger charge is 2.07. The minimum atomic E-state index is -4.48. The van der Waals surface area contributed by atoms with Gasteiger partial charge < -0.3 is 0 Å². The van der Waals surface area contributed by atoms with Crippen LogP contribution in [0.15, 0.2) is 23.0 Å². The minimum Gasteiger partial charge on any atom is -0.282 e. The molecule has 0 aromatic rings. The number of rotatable bonds is 3. The Labute approximate surface area is 69.7 Å². The zero-order chi connectivity index (χ0) is 9.99. The van der Waals surface area contributed by atoms with Gasteiger partial charge in [-0.2, -0.15) is 16.8 Å². The van der Waals surface area contributed by atoms with Crippen LogP contribution >= 0.6 is 0 Å². The van der Waals surface area contributed by atoms with Crippen molar-refractivity contribution in [1.82, 2.24) is 0 Å². The van der Waals surface area contributed by atoms with E-state index in [9.17, 15) is 16.8 Å². The molecule has 0 bridgehead atoms. The standard InChI is InChI=1S/C4H6O6S2/c1-4(12(8,9)10)2-3-11(5,6)7/h2-3H,1H2,(H,5,6,7)(H,8,9,10). The summed E-state index contributed by atoms with van der Waals surface area (Å²) in [7, 11) is -8.88. The molecule has 0 aliphatic heterocycles. The van der Waals surface area contributed by atoms with Crippen LogP contribution in [-0.4, -0.2) is 25.9 Å². The third-order valence-electron chi connectivity index (χ3n) is 0.757. The Balaban J connectivity index is 4.76. The van der Waals surface area contributed by atoms with Crippen LogP contribution in [0.1, 0.15) is 0 Å². The summed E-state index contributed by atoms with van der Waals surface area (Å²) in [5.74, 6) is 0. The van der Waals surface area contributed by atoms with Gasteiger partial charge in [0.05, 0.1) is 10.3 Å². The summed E-state index contributed by atoms with van der Waals surface area (Å²) in [6, 6.07) is 0. The summed E-state index contributed by atoms with van der Waals surface area (Å²) < 4.78 is 56.7. The normalized spacial score (nSPS) is 13.5. The second kappa shape index (κ2) is 3.35. The third kappa shape index (κ3) is 5.02. The van der Waals surface area contributed by atoms with Crippen molar-refractivity contribution in [2.45, 2.75) is 0 Å². The van der Waals surface area contributed by atoms with Crippen molar-refractivity contribution >= 4 is 20.2 Å². The Morgan fingerprint density at radius 2 is 1.58 bits per heavy atom. The number of hydrogen-bond donors (Lipinski definition) is 2. The lowest BCUT2D eigenvalue weighted by atomic mass is 10.6. The Morgan fingerprint density at radius 3 is 1.83 bits per heavy atom. The number of hydrogen-bond acceptors (Lipinski definition) is 4. The molecule has 0 aromatic carbocycles. The van der Waals surface area contributed by atoms with Gasteiger partial charge in [0, 0.05) is 0 Å². The van der Waals surface area contributed by atoms with Crippen LogP contribution in [0.4, 0.5) is 0 Å². The van der Waals surface area contributed by atoms with Gasteiger partial charge >= 0.3 is 0 Å². The molecule has 0 spiro atoms. The second-order valence-electron chi connectivity index (χ2n) is 1.76. The van der Waals surface area contributed by atoms with Crippen LogP contribution < -0.4 is 0 Å². The molecule has 0 amide bonds. The average Bonchev–Trinajstić information content (AvgIpc) is 1.78. The van der Waals surface area contributed by atoms with Gasteiger partial charge in [0.2, 0.25) is 0 Å². The highest BCUT2D eigenvalue weighted by molar-refractivity contribution is 7.90. The van der Waals surface area contributed by atoms with Gasteiger partial charge in [-0.05, 0) is 6.08 Å². The second-order valence-corrected chi connectivity index (χ2v) is 4.54. The van der Waals surface area contributed by atoms with E-state index >= 15 is 0 Å². The van der Waals surface area contributed by atoms with Crippen molar-refractivity contribution in [1.29, 1.82) is 0 Å². The molecule has 2 N–H and O–H groups in total. The van der Waals surface area contributed by atoms with Gasteiger partial charge in [-0.15, -0.1) is 0 Å². The smallest absolute Gasteiger partial charge is 0.282 e. The molecule has 6 nitrogen and oxygen atoms in total. The average molecular weight is 214 g/mol. The van der Waals surface area contributed by atoms with Crippen molar-refractivity contribution in [3.8, 4) is 0 Å². The van der Waals surface area contributed by atoms with E-state index in [0.29, 0.717) is 6.08 Å². The van der Waals surface area contributed by atoms with Gasteiger partial charge in [0.15, 0.2) is 0 Å². The summed E-state index contributed by atoms with van der Waals surface area (Å²) in [5, 5.41) is 0.198. The first-order valence-corrected chi connectivity index (χ1v) is 5.39. The Morgan fingerprint density at radius 1 is 1.17 bits per heavy atom. The lowest BCUT2D eigenvalue weighted by Gasteiger charge is -1.91. The van der Waals surface area contributed by atoms with E-state index in [1.165, 1.54) is 0 Å². The van der Waals surface area contributed by atoms with E-state index in [1.54, 1.807) is 0 Å². The zero-order valence-electron chi connectivity index (χ0n) is 5.71. The Kier molecular flexibility index (Phi) is 3.16. The highest BCUT2D eigenvalue weighted by atomic mass is 32.2. The first-order valence-electron chi connectivity index (χ1n) is 2.45. The molecule has 12 heavy (non-hydrogen) atoms. The fourth-order valence-corrected chi connectivity index (χ4v) is 0.910. The van der Waals surface area contributed by atoms with Gasteiger partial charge in [0.25, 0.3) is 20.2 Å². The molecule has 0 saturated carbocycles. The third-order valence-corrected chi connectivity index (χ3v) is 2.04. The van der Waals surface area contributed by atoms with Crippen molar-refractivity contribution in [3.63, 3.8) is 0 Å². The first-order chi connectivity index (χ1) is 5.13. The van der Waals surface area contributed by atoms with E-state index < -0.39 is 25.1 Å². The minimum absolute atomic E-state index is 0.198. The van der Waals surface area contributed by atoms with Crippen LogP contribution in [0, 0.1) is 0 Å². The molecule has 0 saturated heterocycles. The summed E-state index contributed by atoms with van der Waals surface area (Å²) in [6.07, 6.45) is 0.463. The molecule has 70 valence electrons. The van der Waals surface area contributed by atoms with Crippen LogP contribution in [0.2, 0.25) is 0 Å². The lowest BCUT2D eigenvalue weighted by molar-refractivity contribution is 0.492. The molecule has 0 aromatic heterocycles.